The summed E-state index contributed by atoms with van der Waals surface area (Å²) in [6, 6.07) is 3.71. The van der Waals surface area contributed by atoms with E-state index in [-0.39, 0.29) is 17.0 Å². The first-order valence-electron chi connectivity index (χ1n) is 11.9. The molecule has 0 aliphatic carbocycles. The molecule has 1 N–H and O–H groups in total. The van der Waals surface area contributed by atoms with Gasteiger partial charge in [-0.15, -0.1) is 0 Å². The van der Waals surface area contributed by atoms with Gasteiger partial charge in [-0.05, 0) is 36.3 Å². The standard InChI is InChI=1S/C26H32N2O5/c1-26(2,3)23-13-17-16-6-10-33-24(16)21(27-7-4-5-9-32-11-8-27)12-18(17)20-14-22(29)19(25(30)31)15-28(20)23/h12,14-15,23H,4-11,13H2,1-3H3,(H,30,31)/t23-/m0/s1. The van der Waals surface area contributed by atoms with Gasteiger partial charge in [0.1, 0.15) is 11.3 Å². The highest BCUT2D eigenvalue weighted by atomic mass is 16.5. The minimum absolute atomic E-state index is 0.0318. The zero-order valence-corrected chi connectivity index (χ0v) is 19.6. The molecule has 3 aliphatic rings. The molecule has 1 fully saturated rings. The zero-order valence-electron chi connectivity index (χ0n) is 19.6. The number of pyridine rings is 1. The van der Waals surface area contributed by atoms with E-state index < -0.39 is 11.4 Å². The molecule has 0 unspecified atom stereocenters. The number of nitrogens with zero attached hydrogens (tertiary/aromatic N) is 2. The van der Waals surface area contributed by atoms with Gasteiger partial charge in [0.15, 0.2) is 5.43 Å². The van der Waals surface area contributed by atoms with Crippen molar-refractivity contribution >= 4 is 11.7 Å². The first kappa shape index (κ1) is 22.0. The van der Waals surface area contributed by atoms with Gasteiger partial charge in [-0.3, -0.25) is 4.79 Å². The fourth-order valence-electron chi connectivity index (χ4n) is 5.46. The molecule has 0 bridgehead atoms. The van der Waals surface area contributed by atoms with E-state index in [1.165, 1.54) is 17.2 Å². The Morgan fingerprint density at radius 3 is 2.67 bits per heavy atom. The number of carboxylic acids is 1. The molecule has 1 aromatic carbocycles. The van der Waals surface area contributed by atoms with Crippen LogP contribution in [-0.2, 0) is 17.6 Å². The normalized spacial score (nSPS) is 20.2. The second-order valence-electron chi connectivity index (χ2n) is 10.4. The molecule has 3 aliphatic heterocycles. The maximum atomic E-state index is 12.8. The fraction of sp³-hybridized carbons (Fsp3) is 0.538. The summed E-state index contributed by atoms with van der Waals surface area (Å²) in [6.45, 7) is 10.4. The molecule has 176 valence electrons. The Morgan fingerprint density at radius 1 is 1.09 bits per heavy atom. The third-order valence-corrected chi connectivity index (χ3v) is 7.21. The van der Waals surface area contributed by atoms with Crippen LogP contribution < -0.4 is 15.1 Å². The summed E-state index contributed by atoms with van der Waals surface area (Å²) < 4.78 is 13.9. The average molecular weight is 453 g/mol. The van der Waals surface area contributed by atoms with E-state index >= 15 is 0 Å². The van der Waals surface area contributed by atoms with Crippen LogP contribution in [0.5, 0.6) is 5.75 Å². The highest BCUT2D eigenvalue weighted by Gasteiger charge is 2.37. The number of rotatable bonds is 2. The van der Waals surface area contributed by atoms with Gasteiger partial charge in [-0.2, -0.15) is 0 Å². The number of carboxylic acid groups (broad SMARTS) is 1. The molecule has 1 atom stereocenters. The molecule has 7 nitrogen and oxygen atoms in total. The third-order valence-electron chi connectivity index (χ3n) is 7.21. The van der Waals surface area contributed by atoms with Crippen LogP contribution in [0.2, 0.25) is 0 Å². The van der Waals surface area contributed by atoms with E-state index in [9.17, 15) is 14.7 Å². The Kier molecular flexibility index (Phi) is 5.47. The summed E-state index contributed by atoms with van der Waals surface area (Å²) in [5.74, 6) is -0.211. The van der Waals surface area contributed by atoms with Crippen LogP contribution in [0.4, 0.5) is 5.69 Å². The molecule has 7 heteroatoms. The van der Waals surface area contributed by atoms with Crippen LogP contribution in [0, 0.1) is 5.41 Å². The number of aromatic carboxylic acids is 1. The maximum absolute atomic E-state index is 12.8. The van der Waals surface area contributed by atoms with Gasteiger partial charge in [0.2, 0.25) is 0 Å². The maximum Gasteiger partial charge on any atom is 0.341 e. The van der Waals surface area contributed by atoms with Crippen molar-refractivity contribution in [3.63, 3.8) is 0 Å². The lowest BCUT2D eigenvalue weighted by molar-refractivity contribution is 0.0693. The highest BCUT2D eigenvalue weighted by Crippen LogP contribution is 2.49. The molecule has 4 heterocycles. The molecule has 0 radical (unpaired) electrons. The molecule has 1 saturated heterocycles. The van der Waals surface area contributed by atoms with Crippen molar-refractivity contribution in [3.8, 4) is 17.0 Å². The molecule has 0 spiro atoms. The predicted octanol–water partition coefficient (Wildman–Crippen LogP) is 3.91. The number of benzene rings is 1. The van der Waals surface area contributed by atoms with Gasteiger partial charge < -0.3 is 24.0 Å². The first-order chi connectivity index (χ1) is 15.8. The van der Waals surface area contributed by atoms with Crippen LogP contribution in [0.15, 0.2) is 23.1 Å². The molecule has 33 heavy (non-hydrogen) atoms. The topological polar surface area (TPSA) is 81.0 Å². The second kappa shape index (κ2) is 8.20. The SMILES string of the molecule is CC(C)(C)[C@@H]1Cc2c(cc(N3CCCCOCC3)c3c2CCO3)-c2cc(=O)c(C(=O)O)cn21. The van der Waals surface area contributed by atoms with E-state index in [0.29, 0.717) is 13.2 Å². The van der Waals surface area contributed by atoms with Gasteiger partial charge in [0.05, 0.1) is 24.6 Å². The monoisotopic (exact) mass is 452 g/mol. The van der Waals surface area contributed by atoms with E-state index in [0.717, 1.165) is 68.1 Å². The van der Waals surface area contributed by atoms with E-state index in [2.05, 4.69) is 31.7 Å². The van der Waals surface area contributed by atoms with Crippen LogP contribution >= 0.6 is 0 Å². The number of hydrogen-bond donors (Lipinski definition) is 1. The van der Waals surface area contributed by atoms with Crippen LogP contribution in [0.25, 0.3) is 11.3 Å². The van der Waals surface area contributed by atoms with Crippen molar-refractivity contribution in [2.45, 2.75) is 52.5 Å². The van der Waals surface area contributed by atoms with Gasteiger partial charge in [0, 0.05) is 55.5 Å². The van der Waals surface area contributed by atoms with Crippen LogP contribution in [-0.4, -0.2) is 48.6 Å². The molecule has 1 aromatic heterocycles. The van der Waals surface area contributed by atoms with E-state index in [4.69, 9.17) is 9.47 Å². The Balaban J connectivity index is 1.73. The molecular formula is C26H32N2O5. The van der Waals surface area contributed by atoms with Gasteiger partial charge >= 0.3 is 5.97 Å². The summed E-state index contributed by atoms with van der Waals surface area (Å²) in [6.07, 6.45) is 5.27. The largest absolute Gasteiger partial charge is 0.491 e. The molecule has 0 amide bonds. The van der Waals surface area contributed by atoms with Gasteiger partial charge in [-0.25, -0.2) is 4.79 Å². The highest BCUT2D eigenvalue weighted by molar-refractivity contribution is 5.88. The summed E-state index contributed by atoms with van der Waals surface area (Å²) in [5.41, 5.74) is 4.59. The van der Waals surface area contributed by atoms with Crippen molar-refractivity contribution in [1.82, 2.24) is 4.57 Å². The summed E-state index contributed by atoms with van der Waals surface area (Å²) in [7, 11) is 0. The lowest BCUT2D eigenvalue weighted by atomic mass is 9.77. The van der Waals surface area contributed by atoms with Crippen molar-refractivity contribution in [3.05, 3.63) is 45.2 Å². The second-order valence-corrected chi connectivity index (χ2v) is 10.4. The minimum Gasteiger partial charge on any atom is -0.491 e. The lowest BCUT2D eigenvalue weighted by Crippen LogP contribution is -2.34. The number of anilines is 1. The average Bonchev–Trinajstić information content (AvgIpc) is 3.21. The van der Waals surface area contributed by atoms with Gasteiger partial charge in [-0.1, -0.05) is 20.8 Å². The third kappa shape index (κ3) is 3.82. The smallest absolute Gasteiger partial charge is 0.341 e. The lowest BCUT2D eigenvalue weighted by Gasteiger charge is -2.40. The molecule has 0 saturated carbocycles. The summed E-state index contributed by atoms with van der Waals surface area (Å²) in [4.78, 5) is 26.8. The number of fused-ring (bicyclic) bond motifs is 5. The number of ether oxygens (including phenoxy) is 2. The minimum atomic E-state index is -1.18. The Morgan fingerprint density at radius 2 is 1.91 bits per heavy atom. The van der Waals surface area contributed by atoms with Crippen molar-refractivity contribution in [2.24, 2.45) is 5.41 Å². The Hall–Kier alpha value is -2.80. The van der Waals surface area contributed by atoms with Crippen molar-refractivity contribution < 1.29 is 19.4 Å². The van der Waals surface area contributed by atoms with Crippen LogP contribution in [0.1, 0.15) is 61.1 Å². The first-order valence-corrected chi connectivity index (χ1v) is 11.9. The van der Waals surface area contributed by atoms with Gasteiger partial charge in [0.25, 0.3) is 0 Å². The molecular weight excluding hydrogens is 420 g/mol. The number of hydrogen-bond acceptors (Lipinski definition) is 5. The zero-order chi connectivity index (χ0) is 23.3. The summed E-state index contributed by atoms with van der Waals surface area (Å²) in [5, 5.41) is 9.59. The van der Waals surface area contributed by atoms with E-state index in [1.54, 1.807) is 6.20 Å². The number of aromatic nitrogens is 1. The van der Waals surface area contributed by atoms with E-state index in [1.807, 2.05) is 4.57 Å². The molecule has 5 rings (SSSR count). The van der Waals surface area contributed by atoms with Crippen LogP contribution in [0.3, 0.4) is 0 Å². The Bertz CT molecular complexity index is 1150. The fourth-order valence-corrected chi connectivity index (χ4v) is 5.46. The predicted molar refractivity (Wildman–Crippen MR) is 127 cm³/mol. The quantitative estimate of drug-likeness (QED) is 0.744. The number of carbonyl (C=O) groups is 1. The van der Waals surface area contributed by atoms with Crippen molar-refractivity contribution in [2.75, 3.05) is 37.8 Å². The van der Waals surface area contributed by atoms with Crippen molar-refractivity contribution in [1.29, 1.82) is 0 Å². The Labute approximate surface area is 193 Å². The summed E-state index contributed by atoms with van der Waals surface area (Å²) >= 11 is 0. The molecule has 2 aromatic rings.